The zero-order chi connectivity index (χ0) is 16.7. The molecule has 0 saturated carbocycles. The molecule has 1 aliphatic heterocycles. The first-order valence-corrected chi connectivity index (χ1v) is 8.22. The van der Waals surface area contributed by atoms with Gasteiger partial charge in [0.25, 0.3) is 14.4 Å². The second-order valence-electron chi connectivity index (χ2n) is 4.65. The summed E-state index contributed by atoms with van der Waals surface area (Å²) in [5.41, 5.74) is -2.23. The number of rotatable bonds is 2. The van der Waals surface area contributed by atoms with Crippen LogP contribution in [0.5, 0.6) is 0 Å². The molecule has 22 heavy (non-hydrogen) atoms. The van der Waals surface area contributed by atoms with Crippen molar-refractivity contribution in [1.82, 2.24) is 0 Å². The molecule has 0 N–H and O–H groups in total. The highest BCUT2D eigenvalue weighted by molar-refractivity contribution is 6.92. The smallest absolute Gasteiger partial charge is 0.300 e. The van der Waals surface area contributed by atoms with Crippen molar-refractivity contribution in [2.75, 3.05) is 6.61 Å². The highest BCUT2D eigenvalue weighted by atomic mass is 28.4. The Bertz CT molecular complexity index is 605. The Morgan fingerprint density at radius 2 is 1.27 bits per heavy atom. The maximum absolute atomic E-state index is 13.9. The zero-order valence-corrected chi connectivity index (χ0v) is 11.8. The Hall–Kier alpha value is -1.42. The van der Waals surface area contributed by atoms with Crippen LogP contribution in [-0.4, -0.2) is 14.9 Å². The minimum atomic E-state index is -4.83. The summed E-state index contributed by atoms with van der Waals surface area (Å²) in [6.07, 6.45) is -2.53. The first-order valence-electron chi connectivity index (χ1n) is 6.11. The van der Waals surface area contributed by atoms with Crippen LogP contribution in [0.15, 0.2) is 11.5 Å². The van der Waals surface area contributed by atoms with Gasteiger partial charge >= 0.3 is 0 Å². The monoisotopic (exact) mass is 348 g/mol. The van der Waals surface area contributed by atoms with Crippen LogP contribution in [0, 0.1) is 29.1 Å². The number of hydrogen-bond acceptors (Lipinski definition) is 1. The Morgan fingerprint density at radius 1 is 0.773 bits per heavy atom. The van der Waals surface area contributed by atoms with Crippen LogP contribution in [0.3, 0.4) is 0 Å². The summed E-state index contributed by atoms with van der Waals surface area (Å²) < 4.78 is 111. The molecule has 0 amide bonds. The van der Waals surface area contributed by atoms with E-state index < -0.39 is 60.2 Å². The summed E-state index contributed by atoms with van der Waals surface area (Å²) in [4.78, 5) is 0. The molecule has 1 nitrogen and oxygen atoms in total. The Kier molecular flexibility index (Phi) is 4.61. The minimum Gasteiger partial charge on any atom is -0.406 e. The fourth-order valence-electron chi connectivity index (χ4n) is 2.39. The van der Waals surface area contributed by atoms with E-state index in [-0.39, 0.29) is 13.0 Å². The van der Waals surface area contributed by atoms with Crippen LogP contribution >= 0.6 is 0 Å². The van der Waals surface area contributed by atoms with Crippen LogP contribution in [-0.2, 0) is 4.43 Å². The molecule has 0 radical (unpaired) electrons. The van der Waals surface area contributed by atoms with Gasteiger partial charge in [-0.25, -0.2) is 26.3 Å². The highest BCUT2D eigenvalue weighted by Crippen LogP contribution is 2.34. The molecule has 0 spiro atoms. The predicted octanol–water partition coefficient (Wildman–Crippen LogP) is 3.96. The lowest BCUT2D eigenvalue weighted by molar-refractivity contribution is 0.265. The minimum absolute atomic E-state index is 0.0619. The van der Waals surface area contributed by atoms with E-state index >= 15 is 0 Å². The maximum atomic E-state index is 13.9. The molecule has 1 heterocycles. The third-order valence-electron chi connectivity index (χ3n) is 3.41. The molecule has 1 aliphatic rings. The second kappa shape index (κ2) is 5.99. The van der Waals surface area contributed by atoms with Gasteiger partial charge < -0.3 is 4.43 Å². The van der Waals surface area contributed by atoms with Gasteiger partial charge in [0.1, 0.15) is 0 Å². The van der Waals surface area contributed by atoms with Gasteiger partial charge in [0.2, 0.25) is 5.82 Å². The van der Waals surface area contributed by atoms with Crippen molar-refractivity contribution in [2.45, 2.75) is 18.9 Å². The Balaban J connectivity index is 2.82. The van der Waals surface area contributed by atoms with Crippen LogP contribution in [0.4, 0.5) is 35.1 Å². The van der Waals surface area contributed by atoms with Gasteiger partial charge in [0, 0.05) is 6.61 Å². The second-order valence-corrected chi connectivity index (χ2v) is 8.03. The van der Waals surface area contributed by atoms with Gasteiger partial charge in [-0.15, -0.1) is 0 Å². The van der Waals surface area contributed by atoms with E-state index in [1.807, 2.05) is 0 Å². The molecule has 1 unspecified atom stereocenters. The molecular formula is C12H8F8OSi. The van der Waals surface area contributed by atoms with Gasteiger partial charge in [0.05, 0.1) is 5.19 Å². The zero-order valence-electron chi connectivity index (χ0n) is 10.8. The van der Waals surface area contributed by atoms with Crippen molar-refractivity contribution in [2.24, 2.45) is 0 Å². The molecule has 1 aromatic carbocycles. The van der Waals surface area contributed by atoms with Crippen molar-refractivity contribution in [3.8, 4) is 0 Å². The van der Waals surface area contributed by atoms with E-state index in [2.05, 4.69) is 0 Å². The van der Waals surface area contributed by atoms with Crippen LogP contribution in [0.1, 0.15) is 12.8 Å². The van der Waals surface area contributed by atoms with Crippen LogP contribution in [0.2, 0.25) is 6.04 Å². The number of hydrogen-bond donors (Lipinski definition) is 0. The first kappa shape index (κ1) is 16.9. The van der Waals surface area contributed by atoms with E-state index in [0.717, 1.165) is 0 Å². The quantitative estimate of drug-likeness (QED) is 0.340. The Morgan fingerprint density at radius 3 is 1.68 bits per heavy atom. The molecule has 1 atom stereocenters. The average Bonchev–Trinajstić information content (AvgIpc) is 2.51. The molecule has 0 bridgehead atoms. The molecular weight excluding hydrogens is 340 g/mol. The van der Waals surface area contributed by atoms with Gasteiger partial charge in [0.15, 0.2) is 28.7 Å². The van der Waals surface area contributed by atoms with Crippen molar-refractivity contribution < 1.29 is 39.5 Å². The number of benzene rings is 1. The molecule has 2 rings (SSSR count). The summed E-state index contributed by atoms with van der Waals surface area (Å²) in [5.74, 6) is -11.7. The van der Waals surface area contributed by atoms with E-state index in [0.29, 0.717) is 6.42 Å². The van der Waals surface area contributed by atoms with E-state index in [1.54, 1.807) is 0 Å². The van der Waals surface area contributed by atoms with E-state index in [1.165, 1.54) is 0 Å². The fraction of sp³-hybridized carbons (Fsp3) is 0.333. The third-order valence-corrected chi connectivity index (χ3v) is 7.31. The SMILES string of the molecule is FC(F)=C(F)[Si]1(c2c(F)c(F)c(F)c(F)c2F)CCCCO1. The summed E-state index contributed by atoms with van der Waals surface area (Å²) in [5, 5.41) is -1.60. The normalized spacial score (nSPS) is 21.8. The van der Waals surface area contributed by atoms with Gasteiger partial charge in [-0.2, -0.15) is 8.78 Å². The molecule has 1 saturated heterocycles. The Labute approximate surface area is 120 Å². The topological polar surface area (TPSA) is 9.23 Å². The lowest BCUT2D eigenvalue weighted by Gasteiger charge is -2.33. The van der Waals surface area contributed by atoms with Gasteiger partial charge in [-0.3, -0.25) is 0 Å². The maximum Gasteiger partial charge on any atom is 0.300 e. The van der Waals surface area contributed by atoms with E-state index in [4.69, 9.17) is 4.43 Å². The third kappa shape index (κ3) is 2.43. The predicted molar refractivity (Wildman–Crippen MR) is 62.0 cm³/mol. The average molecular weight is 348 g/mol. The van der Waals surface area contributed by atoms with Gasteiger partial charge in [-0.05, 0) is 12.5 Å². The molecule has 0 aliphatic carbocycles. The van der Waals surface area contributed by atoms with Gasteiger partial charge in [-0.1, -0.05) is 6.42 Å². The molecule has 1 aromatic rings. The molecule has 122 valence electrons. The number of halogens is 8. The first-order chi connectivity index (χ1) is 10.2. The molecule has 0 aromatic heterocycles. The lowest BCUT2D eigenvalue weighted by Crippen LogP contribution is -2.57. The summed E-state index contributed by atoms with van der Waals surface area (Å²) in [6.45, 7) is -0.313. The van der Waals surface area contributed by atoms with Crippen molar-refractivity contribution in [3.63, 3.8) is 0 Å². The van der Waals surface area contributed by atoms with Crippen LogP contribution < -0.4 is 5.19 Å². The van der Waals surface area contributed by atoms with E-state index in [9.17, 15) is 35.1 Å². The van der Waals surface area contributed by atoms with Crippen molar-refractivity contribution in [1.29, 1.82) is 0 Å². The van der Waals surface area contributed by atoms with Crippen LogP contribution in [0.25, 0.3) is 0 Å². The standard InChI is InChI=1S/C12H8F8OSi/c13-5-6(14)8(16)10(9(17)7(5)15)22(12(20)11(18)19)4-2-1-3-21-22/h1-4H2. The summed E-state index contributed by atoms with van der Waals surface area (Å²) in [7, 11) is -4.83. The lowest BCUT2D eigenvalue weighted by atomic mass is 10.3. The van der Waals surface area contributed by atoms with Crippen molar-refractivity contribution >= 4 is 13.5 Å². The largest absolute Gasteiger partial charge is 0.406 e. The fourth-order valence-corrected chi connectivity index (χ4v) is 5.97. The molecule has 1 fully saturated rings. The van der Waals surface area contributed by atoms with Crippen molar-refractivity contribution in [3.05, 3.63) is 40.6 Å². The summed E-state index contributed by atoms with van der Waals surface area (Å²) in [6, 6.07) is -0.547. The highest BCUT2D eigenvalue weighted by Gasteiger charge is 2.52. The summed E-state index contributed by atoms with van der Waals surface area (Å²) >= 11 is 0. The molecule has 10 heteroatoms.